The van der Waals surface area contributed by atoms with Crippen LogP contribution in [0.3, 0.4) is 0 Å². The standard InChI is InChI=1S/C52H87NO5/c1-4-7-10-13-16-19-22-24-25-26-27-30-33-36-39-42-45-52(57)58-48(43-40-37-34-31-28-21-18-15-12-9-6-3)46-51(56)53-49(47-54)50(55)44-41-38-35-32-29-23-20-17-14-11-8-5-2/h7,9-10,12,15-16,18-19,21,24-25,28,31,34,37,40,48-50,54-55H,4-6,8,11,13-14,17,20,22-23,26-27,29-30,32-33,35-36,38-39,41-47H2,1-3H3,(H,53,56)/b10-7+,12-9+,18-15+,19-16+,25-24+,28-21-,34-31-,40-37+. The minimum absolute atomic E-state index is 0.0291. The van der Waals surface area contributed by atoms with E-state index in [0.717, 1.165) is 77.0 Å². The summed E-state index contributed by atoms with van der Waals surface area (Å²) in [5, 5.41) is 23.6. The molecule has 0 aliphatic carbocycles. The van der Waals surface area contributed by atoms with Crippen LogP contribution in [0.2, 0.25) is 0 Å². The summed E-state index contributed by atoms with van der Waals surface area (Å²) in [5.74, 6) is -0.632. The smallest absolute Gasteiger partial charge is 0.306 e. The average molecular weight is 806 g/mol. The molecule has 0 radical (unpaired) electrons. The van der Waals surface area contributed by atoms with Gasteiger partial charge in [0.1, 0.15) is 6.10 Å². The highest BCUT2D eigenvalue weighted by atomic mass is 16.5. The molecule has 58 heavy (non-hydrogen) atoms. The predicted octanol–water partition coefficient (Wildman–Crippen LogP) is 13.8. The fourth-order valence-electron chi connectivity index (χ4n) is 6.52. The topological polar surface area (TPSA) is 95.9 Å². The molecule has 0 aromatic rings. The molecule has 0 heterocycles. The maximum Gasteiger partial charge on any atom is 0.306 e. The van der Waals surface area contributed by atoms with Crippen molar-refractivity contribution in [2.45, 2.75) is 212 Å². The number of carbonyl (C=O) groups excluding carboxylic acids is 2. The summed E-state index contributed by atoms with van der Waals surface area (Å²) in [6.45, 7) is 6.16. The number of hydrogen-bond donors (Lipinski definition) is 3. The second kappa shape index (κ2) is 44.9. The summed E-state index contributed by atoms with van der Waals surface area (Å²) >= 11 is 0. The lowest BCUT2D eigenvalue weighted by Crippen LogP contribution is -2.46. The van der Waals surface area contributed by atoms with Crippen molar-refractivity contribution in [3.8, 4) is 0 Å². The molecule has 0 saturated heterocycles. The number of hydrogen-bond acceptors (Lipinski definition) is 5. The van der Waals surface area contributed by atoms with E-state index in [-0.39, 0.29) is 24.9 Å². The number of aliphatic hydroxyl groups excluding tert-OH is 2. The van der Waals surface area contributed by atoms with Gasteiger partial charge in [0.25, 0.3) is 0 Å². The molecular weight excluding hydrogens is 719 g/mol. The summed E-state index contributed by atoms with van der Waals surface area (Å²) < 4.78 is 5.82. The minimum Gasteiger partial charge on any atom is -0.461 e. The molecule has 0 spiro atoms. The number of allylic oxidation sites excluding steroid dienone is 15. The van der Waals surface area contributed by atoms with E-state index < -0.39 is 18.2 Å². The van der Waals surface area contributed by atoms with Crippen molar-refractivity contribution in [1.82, 2.24) is 5.32 Å². The molecule has 0 rings (SSSR count). The van der Waals surface area contributed by atoms with Gasteiger partial charge in [-0.15, -0.1) is 0 Å². The molecule has 3 unspecified atom stereocenters. The normalized spacial score (nSPS) is 14.2. The molecule has 6 heteroatoms. The Kier molecular flexibility index (Phi) is 42.4. The molecule has 0 aromatic carbocycles. The third-order valence-electron chi connectivity index (χ3n) is 10.0. The Bertz CT molecular complexity index is 1180. The van der Waals surface area contributed by atoms with E-state index in [1.165, 1.54) is 70.6 Å². The number of carbonyl (C=O) groups is 2. The van der Waals surface area contributed by atoms with Gasteiger partial charge in [-0.1, -0.05) is 221 Å². The van der Waals surface area contributed by atoms with Crippen molar-refractivity contribution >= 4 is 11.9 Å². The van der Waals surface area contributed by atoms with Crippen molar-refractivity contribution in [1.29, 1.82) is 0 Å². The fourth-order valence-corrected chi connectivity index (χ4v) is 6.52. The molecule has 0 saturated carbocycles. The molecular formula is C52H87NO5. The van der Waals surface area contributed by atoms with Crippen molar-refractivity contribution in [3.63, 3.8) is 0 Å². The van der Waals surface area contributed by atoms with E-state index in [1.54, 1.807) is 0 Å². The number of nitrogens with one attached hydrogen (secondary N) is 1. The molecule has 330 valence electrons. The molecule has 0 aromatic heterocycles. The van der Waals surface area contributed by atoms with Crippen LogP contribution < -0.4 is 5.32 Å². The first-order valence-electron chi connectivity index (χ1n) is 23.5. The van der Waals surface area contributed by atoms with E-state index in [2.05, 4.69) is 68.6 Å². The lowest BCUT2D eigenvalue weighted by atomic mass is 10.0. The first kappa shape index (κ1) is 54.8. The first-order chi connectivity index (χ1) is 28.5. The van der Waals surface area contributed by atoms with Gasteiger partial charge in [-0.2, -0.15) is 0 Å². The van der Waals surface area contributed by atoms with Crippen LogP contribution in [0.5, 0.6) is 0 Å². The van der Waals surface area contributed by atoms with E-state index in [1.807, 2.05) is 54.7 Å². The third kappa shape index (κ3) is 39.6. The second-order valence-corrected chi connectivity index (χ2v) is 15.5. The Morgan fingerprint density at radius 2 is 1.03 bits per heavy atom. The molecule has 3 N–H and O–H groups in total. The molecule has 6 nitrogen and oxygen atoms in total. The Morgan fingerprint density at radius 3 is 1.60 bits per heavy atom. The Morgan fingerprint density at radius 1 is 0.552 bits per heavy atom. The van der Waals surface area contributed by atoms with E-state index in [4.69, 9.17) is 4.74 Å². The van der Waals surface area contributed by atoms with Crippen molar-refractivity contribution in [3.05, 3.63) is 97.2 Å². The predicted molar refractivity (Wildman–Crippen MR) is 250 cm³/mol. The summed E-state index contributed by atoms with van der Waals surface area (Å²) in [6, 6.07) is -0.746. The van der Waals surface area contributed by atoms with Gasteiger partial charge in [0, 0.05) is 12.8 Å². The van der Waals surface area contributed by atoms with E-state index in [0.29, 0.717) is 19.3 Å². The van der Waals surface area contributed by atoms with Gasteiger partial charge in [0.2, 0.25) is 5.91 Å². The molecule has 0 aliphatic heterocycles. The maximum absolute atomic E-state index is 13.1. The van der Waals surface area contributed by atoms with Crippen LogP contribution in [0.25, 0.3) is 0 Å². The molecule has 0 fully saturated rings. The van der Waals surface area contributed by atoms with Gasteiger partial charge in [-0.05, 0) is 51.4 Å². The third-order valence-corrected chi connectivity index (χ3v) is 10.0. The van der Waals surface area contributed by atoms with Crippen LogP contribution in [0, 0.1) is 0 Å². The number of unbranched alkanes of at least 4 members (excludes halogenated alkanes) is 17. The van der Waals surface area contributed by atoms with Gasteiger partial charge in [-0.3, -0.25) is 9.59 Å². The van der Waals surface area contributed by atoms with Crippen LogP contribution in [-0.4, -0.2) is 46.9 Å². The highest BCUT2D eigenvalue weighted by Crippen LogP contribution is 2.16. The zero-order chi connectivity index (χ0) is 42.4. The van der Waals surface area contributed by atoms with Crippen molar-refractivity contribution in [2.24, 2.45) is 0 Å². The van der Waals surface area contributed by atoms with E-state index in [9.17, 15) is 19.8 Å². The van der Waals surface area contributed by atoms with Gasteiger partial charge in [0.15, 0.2) is 0 Å². The molecule has 0 bridgehead atoms. The van der Waals surface area contributed by atoms with Crippen LogP contribution in [-0.2, 0) is 14.3 Å². The largest absolute Gasteiger partial charge is 0.461 e. The highest BCUT2D eigenvalue weighted by molar-refractivity contribution is 5.77. The second-order valence-electron chi connectivity index (χ2n) is 15.5. The zero-order valence-corrected chi connectivity index (χ0v) is 37.4. The highest BCUT2D eigenvalue weighted by Gasteiger charge is 2.23. The molecule has 3 atom stereocenters. The quantitative estimate of drug-likeness (QED) is 0.0248. The number of amides is 1. The van der Waals surface area contributed by atoms with Crippen LogP contribution in [0.15, 0.2) is 97.2 Å². The van der Waals surface area contributed by atoms with Crippen LogP contribution >= 0.6 is 0 Å². The van der Waals surface area contributed by atoms with Crippen molar-refractivity contribution in [2.75, 3.05) is 6.61 Å². The average Bonchev–Trinajstić information content (AvgIpc) is 3.22. The van der Waals surface area contributed by atoms with Gasteiger partial charge >= 0.3 is 5.97 Å². The Hall–Kier alpha value is -3.22. The van der Waals surface area contributed by atoms with E-state index >= 15 is 0 Å². The summed E-state index contributed by atoms with van der Waals surface area (Å²) in [6.07, 6.45) is 59.2. The van der Waals surface area contributed by atoms with Crippen LogP contribution in [0.4, 0.5) is 0 Å². The Balaban J connectivity index is 4.72. The van der Waals surface area contributed by atoms with Gasteiger partial charge in [-0.25, -0.2) is 0 Å². The lowest BCUT2D eigenvalue weighted by Gasteiger charge is -2.24. The number of ether oxygens (including phenoxy) is 1. The molecule has 1 amide bonds. The van der Waals surface area contributed by atoms with Gasteiger partial charge < -0.3 is 20.3 Å². The first-order valence-corrected chi connectivity index (χ1v) is 23.5. The summed E-state index contributed by atoms with van der Waals surface area (Å²) in [4.78, 5) is 26.0. The lowest BCUT2D eigenvalue weighted by molar-refractivity contribution is -0.150. The number of esters is 1. The maximum atomic E-state index is 13.1. The minimum atomic E-state index is -0.824. The summed E-state index contributed by atoms with van der Waals surface area (Å²) in [5.41, 5.74) is 0. The monoisotopic (exact) mass is 806 g/mol. The SMILES string of the molecule is CC/C=C/C=C/C=C\C=C/C=C/CC(CC(=O)NC(CO)C(O)CCCCCCCCCCCCCC)OC(=O)CCCCCCCC/C=C/C/C=C/C/C=C/CC. The fraction of sp³-hybridized carbons (Fsp3) is 0.654. The number of rotatable bonds is 40. The Labute approximate surface area is 356 Å². The van der Waals surface area contributed by atoms with Gasteiger partial charge in [0.05, 0.1) is 25.2 Å². The van der Waals surface area contributed by atoms with Crippen molar-refractivity contribution < 1.29 is 24.5 Å². The zero-order valence-electron chi connectivity index (χ0n) is 37.4. The number of aliphatic hydroxyl groups is 2. The van der Waals surface area contributed by atoms with Crippen LogP contribution in [0.1, 0.15) is 194 Å². The molecule has 0 aliphatic rings. The summed E-state index contributed by atoms with van der Waals surface area (Å²) in [7, 11) is 0.